The molecular formula is C33H42N3O10P. The summed E-state index contributed by atoms with van der Waals surface area (Å²) in [5.41, 5.74) is 1.02. The van der Waals surface area contributed by atoms with Gasteiger partial charge < -0.3 is 34.4 Å². The molecule has 0 saturated heterocycles. The monoisotopic (exact) mass is 671 g/mol. The second kappa shape index (κ2) is 18.0. The lowest BCUT2D eigenvalue weighted by Crippen LogP contribution is -2.49. The number of nitrogens with zero attached hydrogens (tertiary/aromatic N) is 1. The summed E-state index contributed by atoms with van der Waals surface area (Å²) in [7, 11) is -4.60. The Balaban J connectivity index is 1.67. The summed E-state index contributed by atoms with van der Waals surface area (Å²) in [6.45, 7) is 5.55. The Morgan fingerprint density at radius 2 is 1.74 bits per heavy atom. The van der Waals surface area contributed by atoms with Crippen molar-refractivity contribution < 1.29 is 47.5 Å². The number of benzene rings is 2. The van der Waals surface area contributed by atoms with Crippen molar-refractivity contribution in [1.82, 2.24) is 15.7 Å². The molecule has 0 unspecified atom stereocenters. The summed E-state index contributed by atoms with van der Waals surface area (Å²) in [4.78, 5) is 75.6. The molecule has 0 spiro atoms. The molecule has 2 atom stereocenters. The Labute approximate surface area is 273 Å². The largest absolute Gasteiger partial charge is 0.494 e. The second-order valence-electron chi connectivity index (χ2n) is 10.7. The average molecular weight is 672 g/mol. The van der Waals surface area contributed by atoms with Crippen LogP contribution in [-0.4, -0.2) is 58.4 Å². The highest BCUT2D eigenvalue weighted by Gasteiger charge is 2.33. The number of amides is 3. The second-order valence-corrected chi connectivity index (χ2v) is 12.4. The van der Waals surface area contributed by atoms with Crippen LogP contribution in [0.25, 0.3) is 11.3 Å². The van der Waals surface area contributed by atoms with Gasteiger partial charge >= 0.3 is 13.6 Å². The van der Waals surface area contributed by atoms with Crippen molar-refractivity contribution in [3.05, 3.63) is 72.0 Å². The van der Waals surface area contributed by atoms with Gasteiger partial charge in [0.1, 0.15) is 11.5 Å². The first-order chi connectivity index (χ1) is 22.5. The first kappa shape index (κ1) is 37.0. The van der Waals surface area contributed by atoms with Gasteiger partial charge in [0.2, 0.25) is 12.3 Å². The van der Waals surface area contributed by atoms with Gasteiger partial charge in [-0.3, -0.25) is 18.9 Å². The predicted octanol–water partition coefficient (Wildman–Crippen LogP) is 4.09. The molecule has 0 aliphatic carbocycles. The van der Waals surface area contributed by atoms with E-state index in [0.29, 0.717) is 31.2 Å². The summed E-state index contributed by atoms with van der Waals surface area (Å²) in [6.07, 6.45) is 3.58. The van der Waals surface area contributed by atoms with Crippen LogP contribution < -0.4 is 20.7 Å². The van der Waals surface area contributed by atoms with E-state index < -0.39 is 37.3 Å². The number of unbranched alkanes of at least 4 members (excludes halogenated alkanes) is 2. The molecule has 0 aliphatic heterocycles. The van der Waals surface area contributed by atoms with E-state index in [9.17, 15) is 33.5 Å². The van der Waals surface area contributed by atoms with Crippen LogP contribution in [0.15, 0.2) is 65.1 Å². The van der Waals surface area contributed by atoms with Crippen LogP contribution in [-0.2, 0) is 30.2 Å². The average Bonchev–Trinajstić information content (AvgIpc) is 3.54. The van der Waals surface area contributed by atoms with Gasteiger partial charge in [0.05, 0.1) is 37.0 Å². The zero-order valence-electron chi connectivity index (χ0n) is 26.7. The van der Waals surface area contributed by atoms with Crippen LogP contribution in [0.1, 0.15) is 69.0 Å². The molecule has 0 aliphatic rings. The summed E-state index contributed by atoms with van der Waals surface area (Å²) in [5, 5.41) is 5.89. The van der Waals surface area contributed by atoms with E-state index in [1.807, 2.05) is 13.0 Å². The maximum atomic E-state index is 13.4. The maximum Gasteiger partial charge on any atom is 0.356 e. The van der Waals surface area contributed by atoms with Gasteiger partial charge in [0.25, 0.3) is 5.91 Å². The summed E-state index contributed by atoms with van der Waals surface area (Å²) < 4.78 is 23.0. The van der Waals surface area contributed by atoms with E-state index >= 15 is 0 Å². The molecule has 1 heterocycles. The fourth-order valence-electron chi connectivity index (χ4n) is 5.02. The summed E-state index contributed by atoms with van der Waals surface area (Å²) in [5.74, 6) is -2.14. The van der Waals surface area contributed by atoms with Crippen molar-refractivity contribution in [1.29, 1.82) is 0 Å². The van der Waals surface area contributed by atoms with Gasteiger partial charge in [-0.25, -0.2) is 4.79 Å². The minimum atomic E-state index is -4.60. The topological polar surface area (TPSA) is 185 Å². The Hall–Kier alpha value is -4.45. The molecule has 47 heavy (non-hydrogen) atoms. The summed E-state index contributed by atoms with van der Waals surface area (Å²) in [6, 6.07) is 15.1. The van der Waals surface area contributed by atoms with Gasteiger partial charge in [0, 0.05) is 5.56 Å². The van der Waals surface area contributed by atoms with E-state index in [2.05, 4.69) is 10.6 Å². The van der Waals surface area contributed by atoms with Crippen molar-refractivity contribution in [3.63, 3.8) is 0 Å². The van der Waals surface area contributed by atoms with Crippen LogP contribution in [0.4, 0.5) is 0 Å². The third-order valence-electron chi connectivity index (χ3n) is 7.33. The van der Waals surface area contributed by atoms with Gasteiger partial charge in [-0.2, -0.15) is 5.06 Å². The lowest BCUT2D eigenvalue weighted by molar-refractivity contribution is -0.203. The normalized spacial score (nSPS) is 12.4. The van der Waals surface area contributed by atoms with Crippen molar-refractivity contribution >= 4 is 37.1 Å². The number of hydrogen-bond donors (Lipinski definition) is 4. The minimum Gasteiger partial charge on any atom is -0.494 e. The molecule has 0 bridgehead atoms. The number of carbonyl (C=O) groups excluding carboxylic acids is 4. The Morgan fingerprint density at radius 3 is 2.38 bits per heavy atom. The molecule has 3 aromatic rings. The molecule has 0 radical (unpaired) electrons. The maximum absolute atomic E-state index is 13.4. The third-order valence-corrected chi connectivity index (χ3v) is 8.26. The van der Waals surface area contributed by atoms with E-state index in [0.717, 1.165) is 23.5 Å². The van der Waals surface area contributed by atoms with Crippen molar-refractivity contribution in [2.24, 2.45) is 5.92 Å². The number of hydroxylamine groups is 2. The van der Waals surface area contributed by atoms with Crippen molar-refractivity contribution in [2.75, 3.05) is 13.3 Å². The molecule has 4 N–H and O–H groups in total. The fourth-order valence-corrected chi connectivity index (χ4v) is 5.63. The number of nitrogens with one attached hydrogen (secondary N) is 2. The fraction of sp³-hybridized carbons (Fsp3) is 0.394. The first-order valence-corrected chi connectivity index (χ1v) is 17.1. The lowest BCUT2D eigenvalue weighted by atomic mass is 9.90. The zero-order chi connectivity index (χ0) is 34.4. The van der Waals surface area contributed by atoms with Crippen molar-refractivity contribution in [3.8, 4) is 17.1 Å². The van der Waals surface area contributed by atoms with Crippen LogP contribution in [0.2, 0.25) is 0 Å². The number of ether oxygens (including phenoxy) is 1. The summed E-state index contributed by atoms with van der Waals surface area (Å²) >= 11 is 0. The van der Waals surface area contributed by atoms with Crippen LogP contribution in [0.3, 0.4) is 0 Å². The highest BCUT2D eigenvalue weighted by molar-refractivity contribution is 7.60. The SMILES string of the molecule is CCCCC[C@@H](C(=O)NCNC(=O)c1ccc(-c2cc(OCC)cc(P(=O)(O)O)c2)o1)[C@@H](CC)N(C=O)OC(=O)Cc1ccccc1. The Bertz CT molecular complexity index is 1540. The van der Waals surface area contributed by atoms with Gasteiger partial charge in [-0.15, -0.1) is 0 Å². The highest BCUT2D eigenvalue weighted by Crippen LogP contribution is 2.37. The van der Waals surface area contributed by atoms with E-state index in [-0.39, 0.29) is 42.3 Å². The molecule has 2 aromatic carbocycles. The lowest BCUT2D eigenvalue weighted by Gasteiger charge is -2.31. The molecular weight excluding hydrogens is 629 g/mol. The molecule has 254 valence electrons. The van der Waals surface area contributed by atoms with Gasteiger partial charge in [-0.1, -0.05) is 63.4 Å². The van der Waals surface area contributed by atoms with Crippen LogP contribution in [0.5, 0.6) is 5.75 Å². The van der Waals surface area contributed by atoms with Gasteiger partial charge in [-0.05, 0) is 55.7 Å². The molecule has 3 rings (SSSR count). The highest BCUT2D eigenvalue weighted by atomic mass is 31.2. The minimum absolute atomic E-state index is 0.0440. The Kier molecular flexibility index (Phi) is 14.2. The van der Waals surface area contributed by atoms with E-state index in [1.165, 1.54) is 30.3 Å². The molecule has 13 nitrogen and oxygen atoms in total. The van der Waals surface area contributed by atoms with E-state index in [1.54, 1.807) is 38.1 Å². The standard InChI is InChI=1S/C33H42N3O10P/c1-4-7-9-14-27(28(5-2)36(22-37)46-31(38)17-23-12-10-8-11-13-23)32(39)34-21-35-33(40)30-16-15-29(45-30)24-18-25(44-6-3)20-26(19-24)47(41,42)43/h8,10-13,15-16,18-20,22,27-28H,4-7,9,14,17,21H2,1-3H3,(H,34,39)(H,35,40)(H2,41,42,43)/t27-,28-/m1/s1. The number of hydrogen-bond acceptors (Lipinski definition) is 8. The predicted molar refractivity (Wildman–Crippen MR) is 173 cm³/mol. The van der Waals surface area contributed by atoms with Crippen LogP contribution in [0, 0.1) is 5.92 Å². The van der Waals surface area contributed by atoms with Crippen molar-refractivity contribution in [2.45, 2.75) is 65.3 Å². The molecule has 0 fully saturated rings. The quantitative estimate of drug-likeness (QED) is 0.0476. The molecule has 14 heteroatoms. The molecule has 0 saturated carbocycles. The number of carbonyl (C=O) groups is 4. The first-order valence-electron chi connectivity index (χ1n) is 15.5. The zero-order valence-corrected chi connectivity index (χ0v) is 27.6. The van der Waals surface area contributed by atoms with Crippen LogP contribution >= 0.6 is 7.60 Å². The van der Waals surface area contributed by atoms with Gasteiger partial charge in [0.15, 0.2) is 5.76 Å². The Morgan fingerprint density at radius 1 is 1.00 bits per heavy atom. The smallest absolute Gasteiger partial charge is 0.356 e. The molecule has 1 aromatic heterocycles. The van der Waals surface area contributed by atoms with E-state index in [4.69, 9.17) is 14.0 Å². The number of rotatable bonds is 19. The number of furan rings is 1. The third kappa shape index (κ3) is 11.1. The molecule has 3 amide bonds.